The van der Waals surface area contributed by atoms with E-state index in [9.17, 15) is 0 Å². The lowest BCUT2D eigenvalue weighted by Gasteiger charge is -2.16. The highest BCUT2D eigenvalue weighted by atomic mass is 15.0. The summed E-state index contributed by atoms with van der Waals surface area (Å²) in [5, 5.41) is 8.52. The monoisotopic (exact) mass is 560 g/mol. The second-order valence-electron chi connectivity index (χ2n) is 11.6. The number of hydrogen-bond donors (Lipinski definition) is 0. The van der Waals surface area contributed by atoms with Gasteiger partial charge in [0, 0.05) is 44.9 Å². The van der Waals surface area contributed by atoms with Gasteiger partial charge < -0.3 is 4.57 Å². The van der Waals surface area contributed by atoms with E-state index in [1.165, 1.54) is 43.7 Å². The van der Waals surface area contributed by atoms with Crippen LogP contribution in [-0.4, -0.2) is 19.5 Å². The van der Waals surface area contributed by atoms with Crippen LogP contribution in [0.5, 0.6) is 0 Å². The molecule has 0 saturated carbocycles. The minimum Gasteiger partial charge on any atom is -0.308 e. The Bertz CT molecular complexity index is 2700. The lowest BCUT2D eigenvalue weighted by Crippen LogP contribution is -1.98. The van der Waals surface area contributed by atoms with Gasteiger partial charge in [0.15, 0.2) is 0 Å². The van der Waals surface area contributed by atoms with Crippen molar-refractivity contribution >= 4 is 71.4 Å². The third-order valence-corrected chi connectivity index (χ3v) is 9.26. The Morgan fingerprint density at radius 1 is 0.545 bits per heavy atom. The lowest BCUT2D eigenvalue weighted by molar-refractivity contribution is 1.16. The summed E-state index contributed by atoms with van der Waals surface area (Å²) in [6.45, 7) is 0. The molecule has 0 unspecified atom stereocenters. The Morgan fingerprint density at radius 3 is 2.32 bits per heavy atom. The number of rotatable bonds is 2. The second kappa shape index (κ2) is 8.82. The molecule has 1 aliphatic rings. The molecule has 4 nitrogen and oxygen atoms in total. The molecule has 10 rings (SSSR count). The number of aromatic nitrogens is 4. The Balaban J connectivity index is 1.25. The molecule has 204 valence electrons. The fourth-order valence-electron chi connectivity index (χ4n) is 7.46. The molecule has 4 heterocycles. The Hall–Kier alpha value is -5.87. The first kappa shape index (κ1) is 23.7. The maximum absolute atomic E-state index is 5.18. The van der Waals surface area contributed by atoms with E-state index >= 15 is 0 Å². The summed E-state index contributed by atoms with van der Waals surface area (Å²) in [5.41, 5.74) is 11.2. The standard InChI is InChI=1S/C40H24N4/c1-2-17-34-31(13-1)37-32-15-4-9-24-8-3-10-25(36(24)32)22-35(37)44(34)28-20-26-11-5-14-29(38(26)43-23-28)33-21-27-12-6-18-41-39(27)40-30(33)16-7-19-42-40/h1-14,16-23H,15H2. The normalized spacial score (nSPS) is 12.8. The average Bonchev–Trinajstić information content (AvgIpc) is 3.42. The summed E-state index contributed by atoms with van der Waals surface area (Å²) in [6.07, 6.45) is 11.2. The summed E-state index contributed by atoms with van der Waals surface area (Å²) in [5.74, 6) is 0. The van der Waals surface area contributed by atoms with E-state index in [-0.39, 0.29) is 0 Å². The Morgan fingerprint density at radius 2 is 1.34 bits per heavy atom. The van der Waals surface area contributed by atoms with Crippen LogP contribution in [0.4, 0.5) is 0 Å². The van der Waals surface area contributed by atoms with Crippen molar-refractivity contribution in [2.75, 3.05) is 0 Å². The quantitative estimate of drug-likeness (QED) is 0.198. The molecular formula is C40H24N4. The molecule has 0 radical (unpaired) electrons. The average molecular weight is 561 g/mol. The number of pyridine rings is 3. The van der Waals surface area contributed by atoms with Crippen molar-refractivity contribution in [1.29, 1.82) is 0 Å². The maximum Gasteiger partial charge on any atom is 0.0970 e. The topological polar surface area (TPSA) is 43.6 Å². The van der Waals surface area contributed by atoms with Gasteiger partial charge in [0.25, 0.3) is 0 Å². The van der Waals surface area contributed by atoms with Crippen molar-refractivity contribution in [2.24, 2.45) is 0 Å². The zero-order valence-corrected chi connectivity index (χ0v) is 23.7. The number of benzene rings is 5. The highest BCUT2D eigenvalue weighted by Crippen LogP contribution is 2.42. The number of nitrogens with zero attached hydrogens (tertiary/aromatic N) is 4. The zero-order chi connectivity index (χ0) is 28.8. The second-order valence-corrected chi connectivity index (χ2v) is 11.6. The Labute approximate surface area is 252 Å². The van der Waals surface area contributed by atoms with Crippen LogP contribution in [0.3, 0.4) is 0 Å². The largest absolute Gasteiger partial charge is 0.308 e. The molecule has 0 bridgehead atoms. The van der Waals surface area contributed by atoms with Crippen molar-refractivity contribution in [3.8, 4) is 16.8 Å². The molecular weight excluding hydrogens is 536 g/mol. The van der Waals surface area contributed by atoms with Crippen molar-refractivity contribution in [2.45, 2.75) is 6.42 Å². The van der Waals surface area contributed by atoms with Crippen LogP contribution in [-0.2, 0) is 6.42 Å². The predicted molar refractivity (Wildman–Crippen MR) is 182 cm³/mol. The van der Waals surface area contributed by atoms with E-state index in [2.05, 4.69) is 113 Å². The number of allylic oxidation sites excluding steroid dienone is 1. The van der Waals surface area contributed by atoms with E-state index in [1.807, 2.05) is 30.7 Å². The van der Waals surface area contributed by atoms with Gasteiger partial charge in [0.2, 0.25) is 0 Å². The third-order valence-electron chi connectivity index (χ3n) is 9.26. The summed E-state index contributed by atoms with van der Waals surface area (Å²) < 4.78 is 2.39. The highest BCUT2D eigenvalue weighted by molar-refractivity contribution is 6.18. The predicted octanol–water partition coefficient (Wildman–Crippen LogP) is 9.82. The molecule has 0 aliphatic heterocycles. The van der Waals surface area contributed by atoms with E-state index in [0.717, 1.165) is 55.9 Å². The SMILES string of the molecule is C1=Cc2cccc3cc4c(c(c23)C1)c1ccccc1n4-c1cnc2c(-c3cc4cccnc4c4ncccc34)cccc2c1. The smallest absolute Gasteiger partial charge is 0.0970 e. The molecule has 44 heavy (non-hydrogen) atoms. The van der Waals surface area contributed by atoms with E-state index in [0.29, 0.717) is 0 Å². The minimum absolute atomic E-state index is 0.911. The molecule has 0 fully saturated rings. The first-order chi connectivity index (χ1) is 21.8. The van der Waals surface area contributed by atoms with Gasteiger partial charge in [-0.2, -0.15) is 0 Å². The highest BCUT2D eigenvalue weighted by Gasteiger charge is 2.21. The van der Waals surface area contributed by atoms with E-state index in [1.54, 1.807) is 0 Å². The molecule has 4 heteroatoms. The van der Waals surface area contributed by atoms with Gasteiger partial charge in [-0.3, -0.25) is 15.0 Å². The minimum atomic E-state index is 0.911. The number of para-hydroxylation sites is 2. The summed E-state index contributed by atoms with van der Waals surface area (Å²) in [4.78, 5) is 14.6. The molecule has 1 aliphatic carbocycles. The van der Waals surface area contributed by atoms with Gasteiger partial charge in [0.1, 0.15) is 0 Å². The molecule has 0 saturated heterocycles. The zero-order valence-electron chi connectivity index (χ0n) is 23.7. The first-order valence-electron chi connectivity index (χ1n) is 15.0. The van der Waals surface area contributed by atoms with Crippen LogP contribution in [0.1, 0.15) is 11.1 Å². The van der Waals surface area contributed by atoms with Gasteiger partial charge in [-0.1, -0.05) is 78.9 Å². The van der Waals surface area contributed by atoms with Gasteiger partial charge >= 0.3 is 0 Å². The molecule has 0 amide bonds. The first-order valence-corrected chi connectivity index (χ1v) is 15.0. The molecule has 5 aromatic carbocycles. The number of hydrogen-bond acceptors (Lipinski definition) is 3. The third kappa shape index (κ3) is 3.20. The van der Waals surface area contributed by atoms with E-state index in [4.69, 9.17) is 9.97 Å². The van der Waals surface area contributed by atoms with Crippen molar-refractivity contribution in [3.63, 3.8) is 0 Å². The van der Waals surface area contributed by atoms with E-state index < -0.39 is 0 Å². The fraction of sp³-hybridized carbons (Fsp3) is 0.0250. The molecule has 0 spiro atoms. The summed E-state index contributed by atoms with van der Waals surface area (Å²) in [7, 11) is 0. The maximum atomic E-state index is 5.18. The van der Waals surface area contributed by atoms with Crippen molar-refractivity contribution in [3.05, 3.63) is 139 Å². The lowest BCUT2D eigenvalue weighted by atomic mass is 9.90. The Kier molecular flexibility index (Phi) is 4.74. The molecule has 0 N–H and O–H groups in total. The van der Waals surface area contributed by atoms with Crippen LogP contribution < -0.4 is 0 Å². The van der Waals surface area contributed by atoms with Crippen LogP contribution in [0.15, 0.2) is 128 Å². The van der Waals surface area contributed by atoms with Gasteiger partial charge in [-0.25, -0.2) is 0 Å². The molecule has 9 aromatic rings. The van der Waals surface area contributed by atoms with Crippen molar-refractivity contribution < 1.29 is 0 Å². The molecule has 0 atom stereocenters. The van der Waals surface area contributed by atoms with Crippen LogP contribution in [0.2, 0.25) is 0 Å². The summed E-state index contributed by atoms with van der Waals surface area (Å²) >= 11 is 0. The fourth-order valence-corrected chi connectivity index (χ4v) is 7.46. The van der Waals surface area contributed by atoms with Crippen molar-refractivity contribution in [1.82, 2.24) is 19.5 Å². The van der Waals surface area contributed by atoms with Gasteiger partial charge in [-0.15, -0.1) is 0 Å². The number of fused-ring (bicyclic) bond motifs is 8. The van der Waals surface area contributed by atoms with Crippen LogP contribution in [0, 0.1) is 0 Å². The van der Waals surface area contributed by atoms with Gasteiger partial charge in [0.05, 0.1) is 39.5 Å². The summed E-state index contributed by atoms with van der Waals surface area (Å²) in [6, 6.07) is 37.0. The van der Waals surface area contributed by atoms with Crippen LogP contribution >= 0.6 is 0 Å². The van der Waals surface area contributed by atoms with Gasteiger partial charge in [-0.05, 0) is 70.3 Å². The molecule has 4 aromatic heterocycles. The van der Waals surface area contributed by atoms with Crippen LogP contribution in [0.25, 0.3) is 88.2 Å².